The van der Waals surface area contributed by atoms with Crippen molar-refractivity contribution in [2.24, 2.45) is 0 Å². The van der Waals surface area contributed by atoms with Gasteiger partial charge in [-0.25, -0.2) is 9.78 Å². The zero-order chi connectivity index (χ0) is 15.5. The van der Waals surface area contributed by atoms with Gasteiger partial charge in [-0.2, -0.15) is 0 Å². The molecule has 1 aromatic heterocycles. The van der Waals surface area contributed by atoms with Gasteiger partial charge in [-0.05, 0) is 45.2 Å². The van der Waals surface area contributed by atoms with E-state index in [1.807, 2.05) is 26.8 Å². The Labute approximate surface area is 130 Å². The molecule has 0 spiro atoms. The van der Waals surface area contributed by atoms with Crippen LogP contribution in [0.4, 0.5) is 4.79 Å². The maximum absolute atomic E-state index is 11.8. The minimum absolute atomic E-state index is 0.164. The van der Waals surface area contributed by atoms with Crippen LogP contribution in [0.2, 0.25) is 5.15 Å². The normalized spacial score (nSPS) is 16.4. The van der Waals surface area contributed by atoms with E-state index in [-0.39, 0.29) is 11.6 Å². The Morgan fingerprint density at radius 2 is 2.14 bits per heavy atom. The average Bonchev–Trinajstić information content (AvgIpc) is 3.09. The highest BCUT2D eigenvalue weighted by Gasteiger charge is 2.44. The SMILES string of the molecule is CC(C)(C)OC(=O)NC1(CNCc2ccc(Cl)nc2)CC1. The first-order valence-corrected chi connectivity index (χ1v) is 7.48. The quantitative estimate of drug-likeness (QED) is 0.821. The van der Waals surface area contributed by atoms with Gasteiger partial charge < -0.3 is 15.4 Å². The van der Waals surface area contributed by atoms with Gasteiger partial charge in [0.2, 0.25) is 0 Å². The number of carbonyl (C=O) groups excluding carboxylic acids is 1. The second kappa shape index (κ2) is 6.20. The van der Waals surface area contributed by atoms with Crippen LogP contribution >= 0.6 is 11.6 Å². The summed E-state index contributed by atoms with van der Waals surface area (Å²) in [6.07, 6.45) is 3.34. The summed E-state index contributed by atoms with van der Waals surface area (Å²) in [5.41, 5.74) is 0.428. The second-order valence-electron chi connectivity index (χ2n) is 6.50. The number of ether oxygens (including phenoxy) is 1. The molecule has 0 aliphatic heterocycles. The zero-order valence-electron chi connectivity index (χ0n) is 12.7. The van der Waals surface area contributed by atoms with Gasteiger partial charge in [0.15, 0.2) is 0 Å². The molecular weight excluding hydrogens is 290 g/mol. The number of hydrogen-bond donors (Lipinski definition) is 2. The van der Waals surface area contributed by atoms with E-state index in [1.54, 1.807) is 12.3 Å². The number of halogens is 1. The van der Waals surface area contributed by atoms with E-state index >= 15 is 0 Å². The van der Waals surface area contributed by atoms with Crippen LogP contribution < -0.4 is 10.6 Å². The summed E-state index contributed by atoms with van der Waals surface area (Å²) in [7, 11) is 0. The number of pyridine rings is 1. The highest BCUT2D eigenvalue weighted by atomic mass is 35.5. The summed E-state index contributed by atoms with van der Waals surface area (Å²) in [6.45, 7) is 6.99. The molecule has 1 amide bonds. The van der Waals surface area contributed by atoms with Gasteiger partial charge in [0, 0.05) is 19.3 Å². The van der Waals surface area contributed by atoms with E-state index in [9.17, 15) is 4.79 Å². The summed E-state index contributed by atoms with van der Waals surface area (Å²) in [5, 5.41) is 6.79. The Morgan fingerprint density at radius 1 is 1.43 bits per heavy atom. The van der Waals surface area contributed by atoms with Crippen LogP contribution in [0.25, 0.3) is 0 Å². The lowest BCUT2D eigenvalue weighted by Gasteiger charge is -2.23. The predicted molar refractivity (Wildman–Crippen MR) is 82.3 cm³/mol. The third kappa shape index (κ3) is 5.52. The molecule has 2 N–H and O–H groups in total. The van der Waals surface area contributed by atoms with Gasteiger partial charge >= 0.3 is 6.09 Å². The van der Waals surface area contributed by atoms with Gasteiger partial charge in [-0.3, -0.25) is 0 Å². The number of nitrogens with one attached hydrogen (secondary N) is 2. The Balaban J connectivity index is 1.75. The summed E-state index contributed by atoms with van der Waals surface area (Å²) in [6, 6.07) is 3.70. The lowest BCUT2D eigenvalue weighted by molar-refractivity contribution is 0.0496. The summed E-state index contributed by atoms with van der Waals surface area (Å²) in [5.74, 6) is 0. The molecule has 2 rings (SSSR count). The van der Waals surface area contributed by atoms with Crippen molar-refractivity contribution in [1.82, 2.24) is 15.6 Å². The van der Waals surface area contributed by atoms with E-state index in [1.165, 1.54) is 0 Å². The Bertz CT molecular complexity index is 493. The first kappa shape index (κ1) is 16.0. The molecule has 1 aliphatic rings. The van der Waals surface area contributed by atoms with Gasteiger partial charge in [-0.1, -0.05) is 17.7 Å². The van der Waals surface area contributed by atoms with Gasteiger partial charge in [0.25, 0.3) is 0 Å². The second-order valence-corrected chi connectivity index (χ2v) is 6.89. The van der Waals surface area contributed by atoms with E-state index in [0.29, 0.717) is 11.7 Å². The Hall–Kier alpha value is -1.33. The van der Waals surface area contributed by atoms with Crippen molar-refractivity contribution in [3.63, 3.8) is 0 Å². The van der Waals surface area contributed by atoms with Crippen LogP contribution in [0.1, 0.15) is 39.2 Å². The molecular formula is C15H22ClN3O2. The number of rotatable bonds is 5. The van der Waals surface area contributed by atoms with Crippen molar-refractivity contribution >= 4 is 17.7 Å². The first-order chi connectivity index (χ1) is 9.78. The first-order valence-electron chi connectivity index (χ1n) is 7.10. The molecule has 1 aromatic rings. The minimum Gasteiger partial charge on any atom is -0.444 e. The third-order valence-electron chi connectivity index (χ3n) is 3.20. The van der Waals surface area contributed by atoms with Crippen LogP contribution in [0.3, 0.4) is 0 Å². The summed E-state index contributed by atoms with van der Waals surface area (Å²) < 4.78 is 5.29. The fourth-order valence-corrected chi connectivity index (χ4v) is 2.09. The van der Waals surface area contributed by atoms with Crippen molar-refractivity contribution in [2.75, 3.05) is 6.54 Å². The van der Waals surface area contributed by atoms with Crippen LogP contribution in [0.5, 0.6) is 0 Å². The number of alkyl carbamates (subject to hydrolysis) is 1. The van der Waals surface area contributed by atoms with Crippen LogP contribution in [-0.4, -0.2) is 28.8 Å². The highest BCUT2D eigenvalue weighted by molar-refractivity contribution is 6.29. The van der Waals surface area contributed by atoms with Gasteiger partial charge in [0.1, 0.15) is 10.8 Å². The molecule has 1 heterocycles. The van der Waals surface area contributed by atoms with Crippen molar-refractivity contribution in [1.29, 1.82) is 0 Å². The number of aromatic nitrogens is 1. The zero-order valence-corrected chi connectivity index (χ0v) is 13.5. The van der Waals surface area contributed by atoms with Crippen molar-refractivity contribution in [3.8, 4) is 0 Å². The number of amides is 1. The molecule has 116 valence electrons. The molecule has 1 aliphatic carbocycles. The molecule has 0 radical (unpaired) electrons. The van der Waals surface area contributed by atoms with E-state index in [2.05, 4.69) is 15.6 Å². The van der Waals surface area contributed by atoms with Gasteiger partial charge in [-0.15, -0.1) is 0 Å². The molecule has 5 nitrogen and oxygen atoms in total. The standard InChI is InChI=1S/C15H22ClN3O2/c1-14(2,3)21-13(20)19-15(6-7-15)10-17-8-11-4-5-12(16)18-9-11/h4-5,9,17H,6-8,10H2,1-3H3,(H,19,20). The molecule has 1 fully saturated rings. The molecule has 6 heteroatoms. The Morgan fingerprint density at radius 3 is 2.67 bits per heavy atom. The molecule has 1 saturated carbocycles. The fourth-order valence-electron chi connectivity index (χ4n) is 1.97. The van der Waals surface area contributed by atoms with Crippen molar-refractivity contribution in [3.05, 3.63) is 29.0 Å². The number of nitrogens with zero attached hydrogens (tertiary/aromatic N) is 1. The summed E-state index contributed by atoms with van der Waals surface area (Å²) >= 11 is 5.75. The van der Waals surface area contributed by atoms with Crippen molar-refractivity contribution < 1.29 is 9.53 Å². The highest BCUT2D eigenvalue weighted by Crippen LogP contribution is 2.35. The predicted octanol–water partition coefficient (Wildman–Crippen LogP) is 2.88. The minimum atomic E-state index is -0.470. The lowest BCUT2D eigenvalue weighted by Crippen LogP contribution is -2.46. The molecule has 0 aromatic carbocycles. The van der Waals surface area contributed by atoms with E-state index in [4.69, 9.17) is 16.3 Å². The monoisotopic (exact) mass is 311 g/mol. The third-order valence-corrected chi connectivity index (χ3v) is 3.42. The van der Waals surface area contributed by atoms with E-state index < -0.39 is 5.60 Å². The van der Waals surface area contributed by atoms with Crippen LogP contribution in [0.15, 0.2) is 18.3 Å². The van der Waals surface area contributed by atoms with E-state index in [0.717, 1.165) is 24.9 Å². The maximum Gasteiger partial charge on any atom is 0.408 e. The molecule has 0 saturated heterocycles. The van der Waals surface area contributed by atoms with Crippen molar-refractivity contribution in [2.45, 2.75) is 51.3 Å². The maximum atomic E-state index is 11.8. The average molecular weight is 312 g/mol. The Kier molecular flexibility index (Phi) is 4.74. The smallest absolute Gasteiger partial charge is 0.408 e. The van der Waals surface area contributed by atoms with Crippen LogP contribution in [-0.2, 0) is 11.3 Å². The largest absolute Gasteiger partial charge is 0.444 e. The molecule has 0 atom stereocenters. The van der Waals surface area contributed by atoms with Crippen LogP contribution in [0, 0.1) is 0 Å². The fraction of sp³-hybridized carbons (Fsp3) is 0.600. The molecule has 21 heavy (non-hydrogen) atoms. The molecule has 0 bridgehead atoms. The lowest BCUT2D eigenvalue weighted by atomic mass is 10.2. The summed E-state index contributed by atoms with van der Waals surface area (Å²) in [4.78, 5) is 15.8. The number of hydrogen-bond acceptors (Lipinski definition) is 4. The topological polar surface area (TPSA) is 63.2 Å². The molecule has 0 unspecified atom stereocenters. The number of carbonyl (C=O) groups is 1. The van der Waals surface area contributed by atoms with Gasteiger partial charge in [0.05, 0.1) is 5.54 Å².